The Labute approximate surface area is 180 Å². The third kappa shape index (κ3) is 4.24. The van der Waals surface area contributed by atoms with Crippen LogP contribution in [-0.2, 0) is 14.3 Å². The van der Waals surface area contributed by atoms with Gasteiger partial charge in [-0.25, -0.2) is 9.97 Å². The number of likely N-dealkylation sites (tertiary alicyclic amines) is 1. The van der Waals surface area contributed by atoms with Gasteiger partial charge in [-0.3, -0.25) is 14.5 Å². The number of morpholine rings is 1. The van der Waals surface area contributed by atoms with E-state index in [-0.39, 0.29) is 11.3 Å². The van der Waals surface area contributed by atoms with Crippen molar-refractivity contribution in [2.75, 3.05) is 39.4 Å². The topological polar surface area (TPSA) is 109 Å². The van der Waals surface area contributed by atoms with Gasteiger partial charge in [-0.05, 0) is 32.4 Å². The van der Waals surface area contributed by atoms with Gasteiger partial charge in [-0.1, -0.05) is 0 Å². The second kappa shape index (κ2) is 8.99. The first-order valence-electron chi connectivity index (χ1n) is 10.4. The van der Waals surface area contributed by atoms with E-state index in [1.807, 2.05) is 0 Å². The Kier molecular flexibility index (Phi) is 6.15. The van der Waals surface area contributed by atoms with Crippen LogP contribution in [0.4, 0.5) is 0 Å². The SMILES string of the molecule is Cc1ncc(/C(O)=C2\C(=O)C(=O)N(CCCN3CCOCC3)[C@H]2c2ccco2)c(C)n1. The molecule has 0 unspecified atom stereocenters. The summed E-state index contributed by atoms with van der Waals surface area (Å²) in [7, 11) is 0. The number of rotatable bonds is 6. The molecule has 2 aromatic heterocycles. The Morgan fingerprint density at radius 1 is 1.23 bits per heavy atom. The van der Waals surface area contributed by atoms with Crippen molar-refractivity contribution >= 4 is 17.4 Å². The van der Waals surface area contributed by atoms with Crippen LogP contribution < -0.4 is 0 Å². The number of furan rings is 1. The number of Topliss-reactive ketones (excluding diaryl/α,β-unsaturated/α-hetero) is 1. The number of carbonyl (C=O) groups excluding carboxylic acids is 2. The molecule has 0 spiro atoms. The molecule has 1 amide bonds. The van der Waals surface area contributed by atoms with Crippen molar-refractivity contribution in [1.82, 2.24) is 19.8 Å². The van der Waals surface area contributed by atoms with E-state index in [0.717, 1.165) is 19.6 Å². The average molecular weight is 426 g/mol. The van der Waals surface area contributed by atoms with Gasteiger partial charge < -0.3 is 19.2 Å². The van der Waals surface area contributed by atoms with Crippen molar-refractivity contribution in [1.29, 1.82) is 0 Å². The maximum absolute atomic E-state index is 13.0. The van der Waals surface area contributed by atoms with Gasteiger partial charge in [0.15, 0.2) is 0 Å². The van der Waals surface area contributed by atoms with Crippen LogP contribution in [0.2, 0.25) is 0 Å². The number of amides is 1. The lowest BCUT2D eigenvalue weighted by Crippen LogP contribution is -2.38. The molecule has 2 fully saturated rings. The number of hydrogen-bond donors (Lipinski definition) is 1. The summed E-state index contributed by atoms with van der Waals surface area (Å²) in [4.78, 5) is 38.0. The highest BCUT2D eigenvalue weighted by atomic mass is 16.5. The molecule has 1 N–H and O–H groups in total. The van der Waals surface area contributed by atoms with Gasteiger partial charge in [-0.2, -0.15) is 0 Å². The maximum atomic E-state index is 13.0. The van der Waals surface area contributed by atoms with Crippen LogP contribution in [0.1, 0.15) is 35.3 Å². The predicted octanol–water partition coefficient (Wildman–Crippen LogP) is 1.83. The lowest BCUT2D eigenvalue weighted by atomic mass is 9.99. The number of hydrogen-bond acceptors (Lipinski definition) is 8. The number of nitrogens with zero attached hydrogens (tertiary/aromatic N) is 4. The molecule has 31 heavy (non-hydrogen) atoms. The van der Waals surface area contributed by atoms with Gasteiger partial charge in [0.25, 0.3) is 11.7 Å². The zero-order valence-corrected chi connectivity index (χ0v) is 17.7. The molecule has 4 heterocycles. The summed E-state index contributed by atoms with van der Waals surface area (Å²) in [5.41, 5.74) is 0.858. The molecule has 2 aliphatic rings. The lowest BCUT2D eigenvalue weighted by molar-refractivity contribution is -0.140. The van der Waals surface area contributed by atoms with Crippen molar-refractivity contribution in [3.8, 4) is 0 Å². The number of carbonyl (C=O) groups is 2. The van der Waals surface area contributed by atoms with Gasteiger partial charge in [0.1, 0.15) is 23.4 Å². The highest BCUT2D eigenvalue weighted by Crippen LogP contribution is 2.39. The zero-order chi connectivity index (χ0) is 22.0. The largest absolute Gasteiger partial charge is 0.507 e. The number of aromatic nitrogens is 2. The Balaban J connectivity index is 1.64. The third-order valence-electron chi connectivity index (χ3n) is 5.68. The van der Waals surface area contributed by atoms with Crippen LogP contribution in [-0.4, -0.2) is 76.0 Å². The quantitative estimate of drug-likeness (QED) is 0.423. The zero-order valence-electron chi connectivity index (χ0n) is 17.7. The van der Waals surface area contributed by atoms with E-state index in [1.165, 1.54) is 17.4 Å². The first kappa shape index (κ1) is 21.2. The van der Waals surface area contributed by atoms with E-state index in [2.05, 4.69) is 14.9 Å². The third-order valence-corrected chi connectivity index (χ3v) is 5.68. The predicted molar refractivity (Wildman–Crippen MR) is 111 cm³/mol. The molecular weight excluding hydrogens is 400 g/mol. The highest BCUT2D eigenvalue weighted by molar-refractivity contribution is 6.46. The molecule has 9 heteroatoms. The molecule has 0 bridgehead atoms. The van der Waals surface area contributed by atoms with E-state index in [1.54, 1.807) is 26.0 Å². The number of ether oxygens (including phenoxy) is 1. The average Bonchev–Trinajstić information content (AvgIpc) is 3.37. The summed E-state index contributed by atoms with van der Waals surface area (Å²) in [6, 6.07) is 2.61. The smallest absolute Gasteiger partial charge is 0.295 e. The van der Waals surface area contributed by atoms with E-state index in [0.29, 0.717) is 49.0 Å². The standard InChI is InChI=1S/C22H26N4O5/c1-14-16(13-23-15(2)24-14)20(27)18-19(17-5-3-10-31-17)26(22(29)21(18)28)7-4-6-25-8-11-30-12-9-25/h3,5,10,13,19,27H,4,6-9,11-12H2,1-2H3/b20-18+/t19-/m0/s1. The van der Waals surface area contributed by atoms with Crippen molar-refractivity contribution in [3.05, 3.63) is 53.0 Å². The van der Waals surface area contributed by atoms with Crippen molar-refractivity contribution in [2.45, 2.75) is 26.3 Å². The highest BCUT2D eigenvalue weighted by Gasteiger charge is 2.47. The summed E-state index contributed by atoms with van der Waals surface area (Å²) in [5.74, 6) is -0.674. The van der Waals surface area contributed by atoms with Gasteiger partial charge in [0.05, 0.1) is 36.3 Å². The lowest BCUT2D eigenvalue weighted by Gasteiger charge is -2.28. The molecule has 164 valence electrons. The first-order chi connectivity index (χ1) is 15.0. The number of aryl methyl sites for hydroxylation is 2. The fourth-order valence-electron chi connectivity index (χ4n) is 4.10. The molecule has 0 aromatic carbocycles. The molecule has 0 aliphatic carbocycles. The number of aliphatic hydroxyl groups is 1. The summed E-state index contributed by atoms with van der Waals surface area (Å²) in [5, 5.41) is 11.0. The fraction of sp³-hybridized carbons (Fsp3) is 0.455. The summed E-state index contributed by atoms with van der Waals surface area (Å²) < 4.78 is 10.9. The number of ketones is 1. The minimum atomic E-state index is -0.791. The van der Waals surface area contributed by atoms with Gasteiger partial charge >= 0.3 is 0 Å². The fourth-order valence-corrected chi connectivity index (χ4v) is 4.10. The minimum absolute atomic E-state index is 0.00174. The molecule has 2 aliphatic heterocycles. The first-order valence-corrected chi connectivity index (χ1v) is 10.4. The van der Waals surface area contributed by atoms with E-state index in [4.69, 9.17) is 9.15 Å². The Morgan fingerprint density at radius 3 is 2.68 bits per heavy atom. The van der Waals surface area contributed by atoms with Crippen molar-refractivity contribution in [3.63, 3.8) is 0 Å². The normalized spacial score (nSPS) is 21.7. The van der Waals surface area contributed by atoms with Crippen LogP contribution in [0.15, 0.2) is 34.6 Å². The molecule has 2 aromatic rings. The van der Waals surface area contributed by atoms with Crippen molar-refractivity contribution < 1.29 is 23.8 Å². The summed E-state index contributed by atoms with van der Waals surface area (Å²) in [6.45, 7) is 7.75. The Morgan fingerprint density at radius 2 is 2.00 bits per heavy atom. The molecule has 1 atom stereocenters. The monoisotopic (exact) mass is 426 g/mol. The van der Waals surface area contributed by atoms with Gasteiger partial charge in [0.2, 0.25) is 0 Å². The van der Waals surface area contributed by atoms with E-state index in [9.17, 15) is 14.7 Å². The maximum Gasteiger partial charge on any atom is 0.295 e. The molecule has 2 saturated heterocycles. The van der Waals surface area contributed by atoms with Crippen LogP contribution in [0.5, 0.6) is 0 Å². The second-order valence-corrected chi connectivity index (χ2v) is 7.73. The van der Waals surface area contributed by atoms with Crippen molar-refractivity contribution in [2.24, 2.45) is 0 Å². The van der Waals surface area contributed by atoms with E-state index >= 15 is 0 Å². The van der Waals surface area contributed by atoms with E-state index < -0.39 is 17.7 Å². The summed E-state index contributed by atoms with van der Waals surface area (Å²) >= 11 is 0. The van der Waals surface area contributed by atoms with Crippen LogP contribution >= 0.6 is 0 Å². The molecule has 0 saturated carbocycles. The second-order valence-electron chi connectivity index (χ2n) is 7.73. The molecular formula is C22H26N4O5. The van der Waals surface area contributed by atoms with Crippen LogP contribution in [0.3, 0.4) is 0 Å². The van der Waals surface area contributed by atoms with Gasteiger partial charge in [0, 0.05) is 32.4 Å². The molecule has 9 nitrogen and oxygen atoms in total. The summed E-state index contributed by atoms with van der Waals surface area (Å²) in [6.07, 6.45) is 3.65. The Hall–Kier alpha value is -3.04. The van der Waals surface area contributed by atoms with Gasteiger partial charge in [-0.15, -0.1) is 0 Å². The minimum Gasteiger partial charge on any atom is -0.507 e. The molecule has 0 radical (unpaired) electrons. The molecule has 4 rings (SSSR count). The van der Waals surface area contributed by atoms with Crippen LogP contribution in [0.25, 0.3) is 5.76 Å². The van der Waals surface area contributed by atoms with Crippen LogP contribution in [0, 0.1) is 13.8 Å². The number of aliphatic hydroxyl groups excluding tert-OH is 1. The Bertz CT molecular complexity index is 995.